The van der Waals surface area contributed by atoms with Gasteiger partial charge in [-0.15, -0.1) is 0 Å². The smallest absolute Gasteiger partial charge is 0.413 e. The third-order valence-corrected chi connectivity index (χ3v) is 2.62. The topological polar surface area (TPSA) is 76.1 Å². The minimum absolute atomic E-state index is 0.276. The molecule has 0 radical (unpaired) electrons. The number of hydrogen-bond acceptors (Lipinski definition) is 4. The van der Waals surface area contributed by atoms with Gasteiger partial charge in [-0.05, 0) is 27.2 Å². The Bertz CT molecular complexity index is 322. The van der Waals surface area contributed by atoms with Crippen LogP contribution in [-0.4, -0.2) is 47.0 Å². The summed E-state index contributed by atoms with van der Waals surface area (Å²) < 4.78 is 10.2. The number of carboxylic acid groups (broad SMARTS) is 1. The van der Waals surface area contributed by atoms with Crippen LogP contribution in [0.2, 0.25) is 0 Å². The summed E-state index contributed by atoms with van der Waals surface area (Å²) in [4.78, 5) is 24.3. The Morgan fingerprint density at radius 3 is 2.35 bits per heavy atom. The molecule has 6 nitrogen and oxygen atoms in total. The van der Waals surface area contributed by atoms with E-state index >= 15 is 0 Å². The summed E-state index contributed by atoms with van der Waals surface area (Å²) in [6, 6.07) is 0. The van der Waals surface area contributed by atoms with Crippen molar-refractivity contribution in [3.63, 3.8) is 0 Å². The van der Waals surface area contributed by atoms with Crippen molar-refractivity contribution < 1.29 is 24.2 Å². The van der Waals surface area contributed by atoms with E-state index in [0.717, 1.165) is 4.90 Å². The van der Waals surface area contributed by atoms with Gasteiger partial charge in [0.2, 0.25) is 5.72 Å². The molecular formula is C11H19NO5. The number of nitrogens with zero attached hydrogens (tertiary/aromatic N) is 1. The predicted octanol–water partition coefficient (Wildman–Crippen LogP) is 1.44. The molecule has 1 aliphatic heterocycles. The van der Waals surface area contributed by atoms with E-state index in [9.17, 15) is 14.7 Å². The molecule has 17 heavy (non-hydrogen) atoms. The molecule has 1 amide bonds. The van der Waals surface area contributed by atoms with Gasteiger partial charge in [-0.2, -0.15) is 0 Å². The van der Waals surface area contributed by atoms with Crippen LogP contribution >= 0.6 is 0 Å². The first-order chi connectivity index (χ1) is 7.73. The van der Waals surface area contributed by atoms with Crippen LogP contribution in [0.1, 0.15) is 33.6 Å². The molecule has 98 valence electrons. The Morgan fingerprint density at radius 1 is 1.35 bits per heavy atom. The van der Waals surface area contributed by atoms with E-state index in [-0.39, 0.29) is 6.42 Å². The van der Waals surface area contributed by atoms with Crippen LogP contribution in [0.15, 0.2) is 0 Å². The number of methoxy groups -OCH3 is 1. The lowest BCUT2D eigenvalue weighted by atomic mass is 10.1. The van der Waals surface area contributed by atoms with Crippen LogP contribution in [0.4, 0.5) is 4.79 Å². The van der Waals surface area contributed by atoms with Gasteiger partial charge in [0, 0.05) is 20.1 Å². The highest BCUT2D eigenvalue weighted by Gasteiger charge is 2.52. The Labute approximate surface area is 100 Å². The van der Waals surface area contributed by atoms with E-state index in [1.165, 1.54) is 7.11 Å². The first-order valence-corrected chi connectivity index (χ1v) is 5.52. The molecule has 1 saturated heterocycles. The van der Waals surface area contributed by atoms with Gasteiger partial charge in [0.25, 0.3) is 0 Å². The highest BCUT2D eigenvalue weighted by Crippen LogP contribution is 2.31. The lowest BCUT2D eigenvalue weighted by Gasteiger charge is -2.34. The van der Waals surface area contributed by atoms with Gasteiger partial charge in [-0.1, -0.05) is 0 Å². The molecular weight excluding hydrogens is 226 g/mol. The zero-order valence-corrected chi connectivity index (χ0v) is 10.6. The van der Waals surface area contributed by atoms with E-state index in [4.69, 9.17) is 9.47 Å². The molecule has 0 aliphatic carbocycles. The third-order valence-electron chi connectivity index (χ3n) is 2.62. The third kappa shape index (κ3) is 2.69. The number of amides is 1. The van der Waals surface area contributed by atoms with Crippen LogP contribution in [0, 0.1) is 0 Å². The monoisotopic (exact) mass is 245 g/mol. The van der Waals surface area contributed by atoms with Gasteiger partial charge < -0.3 is 14.6 Å². The maximum atomic E-state index is 11.9. The van der Waals surface area contributed by atoms with E-state index in [2.05, 4.69) is 0 Å². The van der Waals surface area contributed by atoms with Crippen molar-refractivity contribution in [1.82, 2.24) is 4.90 Å². The lowest BCUT2D eigenvalue weighted by molar-refractivity contribution is -0.180. The van der Waals surface area contributed by atoms with Crippen LogP contribution in [0.5, 0.6) is 0 Å². The van der Waals surface area contributed by atoms with E-state index in [1.54, 1.807) is 20.8 Å². The van der Waals surface area contributed by atoms with Crippen molar-refractivity contribution in [2.45, 2.75) is 44.9 Å². The fourth-order valence-corrected chi connectivity index (χ4v) is 1.87. The molecule has 0 aromatic heterocycles. The number of likely N-dealkylation sites (tertiary alicyclic amines) is 1. The van der Waals surface area contributed by atoms with Crippen LogP contribution < -0.4 is 0 Å². The molecule has 6 heteroatoms. The van der Waals surface area contributed by atoms with Crippen molar-refractivity contribution >= 4 is 12.1 Å². The van der Waals surface area contributed by atoms with Crippen molar-refractivity contribution in [2.24, 2.45) is 0 Å². The molecule has 1 fully saturated rings. The standard InChI is InChI=1S/C11H19NO5/c1-10(2,3)17-9(15)12-7-5-6-11(12,16-4)8(13)14/h5-7H2,1-4H3,(H,13,14). The molecule has 0 aromatic rings. The molecule has 1 rings (SSSR count). The van der Waals surface area contributed by atoms with Crippen molar-refractivity contribution in [1.29, 1.82) is 0 Å². The predicted molar refractivity (Wildman–Crippen MR) is 59.5 cm³/mol. The number of hydrogen-bond donors (Lipinski definition) is 1. The van der Waals surface area contributed by atoms with Crippen molar-refractivity contribution in [2.75, 3.05) is 13.7 Å². The summed E-state index contributed by atoms with van der Waals surface area (Å²) in [7, 11) is 1.29. The SMILES string of the molecule is COC1(C(=O)O)CCCN1C(=O)OC(C)(C)C. The minimum Gasteiger partial charge on any atom is -0.478 e. The number of carboxylic acids is 1. The quantitative estimate of drug-likeness (QED) is 0.796. The van der Waals surface area contributed by atoms with E-state index in [0.29, 0.717) is 13.0 Å². The zero-order valence-electron chi connectivity index (χ0n) is 10.6. The molecule has 1 heterocycles. The second-order valence-corrected chi connectivity index (χ2v) is 5.03. The normalized spacial score (nSPS) is 24.8. The number of carbonyl (C=O) groups is 2. The summed E-state index contributed by atoms with van der Waals surface area (Å²) in [6.45, 7) is 5.53. The number of ether oxygens (including phenoxy) is 2. The molecule has 0 saturated carbocycles. The lowest BCUT2D eigenvalue weighted by Crippen LogP contribution is -2.55. The average molecular weight is 245 g/mol. The largest absolute Gasteiger partial charge is 0.478 e. The Balaban J connectivity index is 2.89. The Kier molecular flexibility index (Phi) is 3.66. The average Bonchev–Trinajstić information content (AvgIpc) is 2.59. The maximum Gasteiger partial charge on any atom is 0.413 e. The molecule has 0 aromatic carbocycles. The van der Waals surface area contributed by atoms with Crippen LogP contribution in [0.3, 0.4) is 0 Å². The summed E-state index contributed by atoms with van der Waals surface area (Å²) in [5.74, 6) is -1.16. The number of carbonyl (C=O) groups excluding carboxylic acids is 1. The van der Waals surface area contributed by atoms with Gasteiger partial charge in [0.1, 0.15) is 5.60 Å². The Hall–Kier alpha value is -1.30. The summed E-state index contributed by atoms with van der Waals surface area (Å²) in [6.07, 6.45) is 0.205. The van der Waals surface area contributed by atoms with E-state index in [1.807, 2.05) is 0 Å². The van der Waals surface area contributed by atoms with Gasteiger partial charge >= 0.3 is 12.1 Å². The number of aliphatic carboxylic acids is 1. The summed E-state index contributed by atoms with van der Waals surface area (Å²) in [5, 5.41) is 9.21. The zero-order chi connectivity index (χ0) is 13.3. The molecule has 0 bridgehead atoms. The second-order valence-electron chi connectivity index (χ2n) is 5.03. The fourth-order valence-electron chi connectivity index (χ4n) is 1.87. The molecule has 1 unspecified atom stereocenters. The van der Waals surface area contributed by atoms with Gasteiger partial charge in [-0.25, -0.2) is 9.59 Å². The minimum atomic E-state index is -1.58. The number of rotatable bonds is 2. The first-order valence-electron chi connectivity index (χ1n) is 5.52. The fraction of sp³-hybridized carbons (Fsp3) is 0.818. The second kappa shape index (κ2) is 4.52. The highest BCUT2D eigenvalue weighted by molar-refractivity contribution is 5.83. The highest BCUT2D eigenvalue weighted by atomic mass is 16.6. The van der Waals surface area contributed by atoms with Crippen molar-refractivity contribution in [3.8, 4) is 0 Å². The Morgan fingerprint density at radius 2 is 1.94 bits per heavy atom. The molecule has 1 N–H and O–H groups in total. The van der Waals surface area contributed by atoms with Gasteiger partial charge in [0.05, 0.1) is 0 Å². The summed E-state index contributed by atoms with van der Waals surface area (Å²) in [5.41, 5.74) is -2.24. The summed E-state index contributed by atoms with van der Waals surface area (Å²) >= 11 is 0. The first kappa shape index (κ1) is 13.8. The molecule has 1 atom stereocenters. The van der Waals surface area contributed by atoms with Crippen LogP contribution in [-0.2, 0) is 14.3 Å². The maximum absolute atomic E-state index is 11.9. The van der Waals surface area contributed by atoms with Gasteiger partial charge in [-0.3, -0.25) is 4.90 Å². The van der Waals surface area contributed by atoms with E-state index < -0.39 is 23.4 Å². The van der Waals surface area contributed by atoms with Crippen molar-refractivity contribution in [3.05, 3.63) is 0 Å². The van der Waals surface area contributed by atoms with Crippen LogP contribution in [0.25, 0.3) is 0 Å². The molecule has 1 aliphatic rings. The van der Waals surface area contributed by atoms with Gasteiger partial charge in [0.15, 0.2) is 0 Å². The molecule has 0 spiro atoms.